The zero-order valence-electron chi connectivity index (χ0n) is 9.65. The molecule has 0 bridgehead atoms. The van der Waals surface area contributed by atoms with Crippen LogP contribution < -0.4 is 0 Å². The van der Waals surface area contributed by atoms with Gasteiger partial charge < -0.3 is 14.4 Å². The van der Waals surface area contributed by atoms with Crippen molar-refractivity contribution in [2.75, 3.05) is 13.7 Å². The van der Waals surface area contributed by atoms with Crippen LogP contribution in [0.15, 0.2) is 0 Å². The number of rotatable bonds is 4. The predicted molar refractivity (Wildman–Crippen MR) is 62.3 cm³/mol. The summed E-state index contributed by atoms with van der Waals surface area (Å²) in [5.74, 6) is -0.213. The van der Waals surface area contributed by atoms with Gasteiger partial charge >= 0.3 is 5.97 Å². The lowest BCUT2D eigenvalue weighted by molar-refractivity contribution is -0.142. The average Bonchev–Trinajstić information content (AvgIpc) is 2.63. The molecule has 6 heteroatoms. The van der Waals surface area contributed by atoms with E-state index in [0.29, 0.717) is 37.6 Å². The van der Waals surface area contributed by atoms with Crippen LogP contribution in [0.5, 0.6) is 0 Å². The van der Waals surface area contributed by atoms with Gasteiger partial charge in [-0.05, 0) is 6.42 Å². The zero-order chi connectivity index (χ0) is 12.4. The Hall–Kier alpha value is -1.07. The number of aromatic nitrogens is 2. The number of ether oxygens (including phenoxy) is 1. The number of carboxylic acids is 1. The van der Waals surface area contributed by atoms with E-state index in [-0.39, 0.29) is 5.92 Å². The number of imidazole rings is 1. The van der Waals surface area contributed by atoms with Crippen molar-refractivity contribution in [3.8, 4) is 0 Å². The first kappa shape index (κ1) is 12.4. The van der Waals surface area contributed by atoms with Gasteiger partial charge in [0, 0.05) is 26.5 Å². The van der Waals surface area contributed by atoms with Crippen LogP contribution in [0.2, 0.25) is 5.15 Å². The Morgan fingerprint density at radius 3 is 3.12 bits per heavy atom. The average molecular weight is 259 g/mol. The van der Waals surface area contributed by atoms with E-state index in [4.69, 9.17) is 21.4 Å². The summed E-state index contributed by atoms with van der Waals surface area (Å²) in [5.41, 5.74) is 0.844. The second-order valence-electron chi connectivity index (χ2n) is 4.19. The Bertz CT molecular complexity index is 431. The highest BCUT2D eigenvalue weighted by Gasteiger charge is 2.28. The molecule has 1 aromatic rings. The highest BCUT2D eigenvalue weighted by molar-refractivity contribution is 6.30. The van der Waals surface area contributed by atoms with E-state index >= 15 is 0 Å². The molecule has 1 atom stereocenters. The van der Waals surface area contributed by atoms with Crippen molar-refractivity contribution in [2.24, 2.45) is 5.92 Å². The Labute approximate surface area is 104 Å². The number of halogens is 1. The van der Waals surface area contributed by atoms with Crippen LogP contribution in [-0.2, 0) is 28.9 Å². The van der Waals surface area contributed by atoms with E-state index in [0.717, 1.165) is 11.5 Å². The van der Waals surface area contributed by atoms with Crippen LogP contribution in [0, 0.1) is 5.92 Å². The van der Waals surface area contributed by atoms with E-state index in [1.54, 1.807) is 7.11 Å². The number of hydrogen-bond acceptors (Lipinski definition) is 3. The molecule has 1 aliphatic rings. The van der Waals surface area contributed by atoms with Crippen molar-refractivity contribution in [3.63, 3.8) is 0 Å². The van der Waals surface area contributed by atoms with Crippen LogP contribution in [0.4, 0.5) is 0 Å². The highest BCUT2D eigenvalue weighted by atomic mass is 35.5. The molecule has 0 fully saturated rings. The van der Waals surface area contributed by atoms with Crippen LogP contribution in [0.1, 0.15) is 17.9 Å². The molecule has 1 N–H and O–H groups in total. The molecule has 1 unspecified atom stereocenters. The van der Waals surface area contributed by atoms with Crippen molar-refractivity contribution >= 4 is 17.6 Å². The summed E-state index contributed by atoms with van der Waals surface area (Å²) in [6.07, 6.45) is 1.80. The Kier molecular flexibility index (Phi) is 3.69. The van der Waals surface area contributed by atoms with Gasteiger partial charge in [0.05, 0.1) is 18.2 Å². The largest absolute Gasteiger partial charge is 0.481 e. The van der Waals surface area contributed by atoms with Gasteiger partial charge in [0.15, 0.2) is 5.15 Å². The Balaban J connectivity index is 2.21. The molecular weight excluding hydrogens is 244 g/mol. The SMILES string of the molecule is COCCc1nc(Cl)c2n1CCC(C(=O)O)C2. The van der Waals surface area contributed by atoms with E-state index < -0.39 is 5.97 Å². The topological polar surface area (TPSA) is 64.4 Å². The molecule has 17 heavy (non-hydrogen) atoms. The number of carboxylic acid groups (broad SMARTS) is 1. The summed E-state index contributed by atoms with van der Waals surface area (Å²) >= 11 is 6.05. The first-order valence-corrected chi connectivity index (χ1v) is 5.96. The summed E-state index contributed by atoms with van der Waals surface area (Å²) in [6, 6.07) is 0. The molecule has 0 radical (unpaired) electrons. The number of fused-ring (bicyclic) bond motifs is 1. The van der Waals surface area contributed by atoms with Crippen LogP contribution >= 0.6 is 11.6 Å². The fourth-order valence-electron chi connectivity index (χ4n) is 2.18. The van der Waals surface area contributed by atoms with E-state index in [2.05, 4.69) is 4.98 Å². The fraction of sp³-hybridized carbons (Fsp3) is 0.636. The lowest BCUT2D eigenvalue weighted by Gasteiger charge is -2.22. The van der Waals surface area contributed by atoms with Gasteiger partial charge in [0.25, 0.3) is 0 Å². The summed E-state index contributed by atoms with van der Waals surface area (Å²) in [4.78, 5) is 15.2. The first-order valence-electron chi connectivity index (χ1n) is 5.59. The third kappa shape index (κ3) is 2.45. The monoisotopic (exact) mass is 258 g/mol. The Morgan fingerprint density at radius 1 is 1.71 bits per heavy atom. The van der Waals surface area contributed by atoms with Gasteiger partial charge in [0.2, 0.25) is 0 Å². The maximum Gasteiger partial charge on any atom is 0.306 e. The van der Waals surface area contributed by atoms with Gasteiger partial charge in [-0.3, -0.25) is 4.79 Å². The number of aliphatic carboxylic acids is 1. The zero-order valence-corrected chi connectivity index (χ0v) is 10.4. The van der Waals surface area contributed by atoms with E-state index in [1.807, 2.05) is 4.57 Å². The van der Waals surface area contributed by atoms with Crippen molar-refractivity contribution in [1.29, 1.82) is 0 Å². The summed E-state index contributed by atoms with van der Waals surface area (Å²) in [7, 11) is 1.64. The van der Waals surface area contributed by atoms with Crippen molar-refractivity contribution < 1.29 is 14.6 Å². The molecule has 0 saturated carbocycles. The van der Waals surface area contributed by atoms with Crippen molar-refractivity contribution in [3.05, 3.63) is 16.7 Å². The van der Waals surface area contributed by atoms with Crippen molar-refractivity contribution in [2.45, 2.75) is 25.8 Å². The molecule has 1 aliphatic heterocycles. The van der Waals surface area contributed by atoms with E-state index in [1.165, 1.54) is 0 Å². The minimum Gasteiger partial charge on any atom is -0.481 e. The lowest BCUT2D eigenvalue weighted by Crippen LogP contribution is -2.26. The minimum absolute atomic E-state index is 0.341. The van der Waals surface area contributed by atoms with Crippen LogP contribution in [0.25, 0.3) is 0 Å². The third-order valence-electron chi connectivity index (χ3n) is 3.12. The van der Waals surface area contributed by atoms with Gasteiger partial charge in [-0.1, -0.05) is 11.6 Å². The number of methoxy groups -OCH3 is 1. The minimum atomic E-state index is -0.757. The third-order valence-corrected chi connectivity index (χ3v) is 3.43. The number of carbonyl (C=O) groups is 1. The summed E-state index contributed by atoms with van der Waals surface area (Å²) in [5, 5.41) is 9.44. The van der Waals surface area contributed by atoms with Gasteiger partial charge in [0.1, 0.15) is 5.82 Å². The number of hydrogen-bond donors (Lipinski definition) is 1. The molecule has 0 amide bonds. The maximum absolute atomic E-state index is 11.0. The molecule has 0 aliphatic carbocycles. The molecule has 94 valence electrons. The molecule has 1 aromatic heterocycles. The second kappa shape index (κ2) is 5.06. The predicted octanol–water partition coefficient (Wildman–Crippen LogP) is 1.37. The highest BCUT2D eigenvalue weighted by Crippen LogP contribution is 2.28. The van der Waals surface area contributed by atoms with Gasteiger partial charge in [-0.25, -0.2) is 4.98 Å². The lowest BCUT2D eigenvalue weighted by atomic mass is 9.96. The van der Waals surface area contributed by atoms with E-state index in [9.17, 15) is 4.79 Å². The van der Waals surface area contributed by atoms with Gasteiger partial charge in [-0.2, -0.15) is 0 Å². The normalized spacial score (nSPS) is 19.1. The molecular formula is C11H15ClN2O3. The standard InChI is InChI=1S/C11H15ClN2O3/c1-17-5-3-9-13-10(12)8-6-7(11(15)16)2-4-14(8)9/h7H,2-6H2,1H3,(H,15,16). The summed E-state index contributed by atoms with van der Waals surface area (Å²) < 4.78 is 7.04. The van der Waals surface area contributed by atoms with Crippen LogP contribution in [-0.4, -0.2) is 34.3 Å². The molecule has 0 saturated heterocycles. The van der Waals surface area contributed by atoms with Crippen molar-refractivity contribution in [1.82, 2.24) is 9.55 Å². The van der Waals surface area contributed by atoms with Gasteiger partial charge in [-0.15, -0.1) is 0 Å². The Morgan fingerprint density at radius 2 is 2.47 bits per heavy atom. The quantitative estimate of drug-likeness (QED) is 0.886. The summed E-state index contributed by atoms with van der Waals surface area (Å²) in [6.45, 7) is 1.26. The molecule has 0 spiro atoms. The molecule has 0 aromatic carbocycles. The first-order chi connectivity index (χ1) is 8.13. The second-order valence-corrected chi connectivity index (χ2v) is 4.55. The van der Waals surface area contributed by atoms with Crippen LogP contribution in [0.3, 0.4) is 0 Å². The maximum atomic E-state index is 11.0. The smallest absolute Gasteiger partial charge is 0.306 e. The molecule has 5 nitrogen and oxygen atoms in total. The molecule has 2 heterocycles. The fourth-order valence-corrected chi connectivity index (χ4v) is 2.46. The molecule has 2 rings (SSSR count). The number of nitrogens with zero attached hydrogens (tertiary/aromatic N) is 2.